The predicted octanol–water partition coefficient (Wildman–Crippen LogP) is 6.01. The van der Waals surface area contributed by atoms with Crippen molar-refractivity contribution in [2.75, 3.05) is 16.8 Å². The highest BCUT2D eigenvalue weighted by Crippen LogP contribution is 2.61. The zero-order chi connectivity index (χ0) is 24.2. The van der Waals surface area contributed by atoms with E-state index >= 15 is 0 Å². The van der Waals surface area contributed by atoms with Crippen LogP contribution < -0.4 is 26.2 Å². The average molecular weight is 466 g/mol. The maximum Gasteiger partial charge on any atom is 0.252 e. The summed E-state index contributed by atoms with van der Waals surface area (Å²) in [6.45, 7) is 5.35. The molecule has 0 bridgehead atoms. The Hall–Kier alpha value is -3.46. The molecule has 2 nitrogen and oxygen atoms in total. The predicted molar refractivity (Wildman–Crippen MR) is 154 cm³/mol. The minimum atomic E-state index is 0.106. The quantitative estimate of drug-likeness (QED) is 0.317. The third-order valence-electron chi connectivity index (χ3n) is 10.2. The standard InChI is InChI=1S/C33H31BN2/c1-32-19-7-8-20-33(32,2)36-29-16-10-15-28-30(29)34(25-14-9-13-24(32)31(25)36)26-21-23(17-18-27(26)35(28)3)22-11-5-4-6-12-22/h4-6,9-18,21H,7-8,19-20H2,1-3H3/t32-,33?/m0/s1. The number of nitrogens with zero attached hydrogens (tertiary/aromatic N) is 2. The lowest BCUT2D eigenvalue weighted by Crippen LogP contribution is -2.64. The summed E-state index contributed by atoms with van der Waals surface area (Å²) in [5, 5.41) is 0. The lowest BCUT2D eigenvalue weighted by atomic mass is 9.33. The van der Waals surface area contributed by atoms with Crippen LogP contribution in [0.1, 0.15) is 45.1 Å². The molecule has 0 saturated heterocycles. The van der Waals surface area contributed by atoms with Gasteiger partial charge in [0.2, 0.25) is 0 Å². The van der Waals surface area contributed by atoms with Gasteiger partial charge in [-0.25, -0.2) is 0 Å². The molecule has 1 unspecified atom stereocenters. The number of fused-ring (bicyclic) bond motifs is 7. The summed E-state index contributed by atoms with van der Waals surface area (Å²) in [4.78, 5) is 5.21. The van der Waals surface area contributed by atoms with Gasteiger partial charge in [-0.2, -0.15) is 0 Å². The lowest BCUT2D eigenvalue weighted by Gasteiger charge is -2.52. The number of anilines is 4. The van der Waals surface area contributed by atoms with Gasteiger partial charge < -0.3 is 9.80 Å². The zero-order valence-electron chi connectivity index (χ0n) is 21.4. The Morgan fingerprint density at radius 2 is 1.47 bits per heavy atom. The zero-order valence-corrected chi connectivity index (χ0v) is 21.4. The Balaban J connectivity index is 1.45. The average Bonchev–Trinajstić information content (AvgIpc) is 3.13. The summed E-state index contributed by atoms with van der Waals surface area (Å²) >= 11 is 0. The van der Waals surface area contributed by atoms with Crippen molar-refractivity contribution in [1.29, 1.82) is 0 Å². The molecule has 3 heterocycles. The molecule has 36 heavy (non-hydrogen) atoms. The second kappa shape index (κ2) is 6.85. The van der Waals surface area contributed by atoms with Crippen LogP contribution in [0, 0.1) is 0 Å². The van der Waals surface area contributed by atoms with Crippen LogP contribution >= 0.6 is 0 Å². The van der Waals surface area contributed by atoms with Gasteiger partial charge in [0, 0.05) is 35.2 Å². The summed E-state index contributed by atoms with van der Waals surface area (Å²) < 4.78 is 0. The van der Waals surface area contributed by atoms with E-state index in [1.807, 2.05) is 0 Å². The van der Waals surface area contributed by atoms with E-state index in [1.165, 1.54) is 75.9 Å². The second-order valence-corrected chi connectivity index (χ2v) is 11.7. The summed E-state index contributed by atoms with van der Waals surface area (Å²) in [7, 11) is 2.25. The van der Waals surface area contributed by atoms with Crippen LogP contribution in [-0.4, -0.2) is 19.3 Å². The highest BCUT2D eigenvalue weighted by Gasteiger charge is 2.60. The molecule has 0 aromatic heterocycles. The molecular weight excluding hydrogens is 435 g/mol. The topological polar surface area (TPSA) is 6.48 Å². The largest absolute Gasteiger partial charge is 0.345 e. The molecule has 4 aromatic rings. The van der Waals surface area contributed by atoms with E-state index in [2.05, 4.69) is 116 Å². The van der Waals surface area contributed by atoms with Gasteiger partial charge in [-0.1, -0.05) is 86.5 Å². The molecule has 0 amide bonds. The first-order chi connectivity index (χ1) is 17.5. The van der Waals surface area contributed by atoms with Crippen LogP contribution in [0.2, 0.25) is 0 Å². The van der Waals surface area contributed by atoms with Crippen LogP contribution in [0.3, 0.4) is 0 Å². The molecule has 1 fully saturated rings. The molecule has 4 aliphatic rings. The number of rotatable bonds is 1. The van der Waals surface area contributed by atoms with Crippen molar-refractivity contribution in [1.82, 2.24) is 0 Å². The maximum atomic E-state index is 2.78. The molecular formula is C33H31BN2. The van der Waals surface area contributed by atoms with E-state index < -0.39 is 0 Å². The van der Waals surface area contributed by atoms with Crippen molar-refractivity contribution in [3.8, 4) is 11.1 Å². The van der Waals surface area contributed by atoms with Crippen LogP contribution in [0.5, 0.6) is 0 Å². The van der Waals surface area contributed by atoms with Gasteiger partial charge in [0.1, 0.15) is 0 Å². The van der Waals surface area contributed by atoms with Gasteiger partial charge in [0.05, 0.1) is 5.54 Å². The molecule has 2 atom stereocenters. The summed E-state index contributed by atoms with van der Waals surface area (Å²) in [5.41, 5.74) is 14.4. The molecule has 0 spiro atoms. The SMILES string of the molecule is CN1c2ccc(-c3ccccc3)cc2B2c3cccc4c3N(c3cccc1c32)C1(C)CCCC[C@@]41C. The summed E-state index contributed by atoms with van der Waals surface area (Å²) in [6, 6.07) is 32.1. The molecule has 176 valence electrons. The molecule has 0 N–H and O–H groups in total. The summed E-state index contributed by atoms with van der Waals surface area (Å²) in [6.07, 6.45) is 5.15. The van der Waals surface area contributed by atoms with Crippen molar-refractivity contribution < 1.29 is 0 Å². The molecule has 1 saturated carbocycles. The van der Waals surface area contributed by atoms with E-state index in [9.17, 15) is 0 Å². The Morgan fingerprint density at radius 3 is 2.33 bits per heavy atom. The van der Waals surface area contributed by atoms with Gasteiger partial charge >= 0.3 is 0 Å². The second-order valence-electron chi connectivity index (χ2n) is 11.7. The van der Waals surface area contributed by atoms with E-state index in [0.717, 1.165) is 0 Å². The van der Waals surface area contributed by atoms with Crippen molar-refractivity contribution in [2.45, 2.75) is 50.5 Å². The Labute approximate surface area is 214 Å². The fourth-order valence-corrected chi connectivity index (χ4v) is 8.23. The van der Waals surface area contributed by atoms with Crippen molar-refractivity contribution in [3.05, 3.63) is 90.5 Å². The monoisotopic (exact) mass is 466 g/mol. The smallest absolute Gasteiger partial charge is 0.252 e. The normalized spacial score (nSPS) is 24.7. The molecule has 0 radical (unpaired) electrons. The number of hydrogen-bond acceptors (Lipinski definition) is 2. The molecule has 8 rings (SSSR count). The molecule has 3 aliphatic heterocycles. The van der Waals surface area contributed by atoms with Crippen LogP contribution in [0.4, 0.5) is 22.7 Å². The Bertz CT molecular complexity index is 1560. The Kier molecular flexibility index (Phi) is 3.94. The lowest BCUT2D eigenvalue weighted by molar-refractivity contribution is 0.195. The first kappa shape index (κ1) is 20.7. The van der Waals surface area contributed by atoms with Gasteiger partial charge in [-0.3, -0.25) is 0 Å². The van der Waals surface area contributed by atoms with Crippen LogP contribution in [0.15, 0.2) is 84.9 Å². The summed E-state index contributed by atoms with van der Waals surface area (Å²) in [5.74, 6) is 0. The fraction of sp³-hybridized carbons (Fsp3) is 0.273. The minimum Gasteiger partial charge on any atom is -0.345 e. The van der Waals surface area contributed by atoms with Crippen molar-refractivity contribution >= 4 is 45.9 Å². The maximum absolute atomic E-state index is 2.78. The number of hydrogen-bond donors (Lipinski definition) is 0. The van der Waals surface area contributed by atoms with E-state index in [4.69, 9.17) is 0 Å². The number of benzene rings is 4. The van der Waals surface area contributed by atoms with Gasteiger partial charge in [-0.05, 0) is 71.0 Å². The van der Waals surface area contributed by atoms with E-state index in [1.54, 1.807) is 5.56 Å². The van der Waals surface area contributed by atoms with Crippen molar-refractivity contribution in [2.24, 2.45) is 0 Å². The van der Waals surface area contributed by atoms with Gasteiger partial charge in [0.25, 0.3) is 6.71 Å². The van der Waals surface area contributed by atoms with E-state index in [-0.39, 0.29) is 17.7 Å². The highest BCUT2D eigenvalue weighted by atomic mass is 15.3. The minimum absolute atomic E-state index is 0.106. The molecule has 3 heteroatoms. The third-order valence-corrected chi connectivity index (χ3v) is 10.2. The van der Waals surface area contributed by atoms with Gasteiger partial charge in [0.15, 0.2) is 0 Å². The Morgan fingerprint density at radius 1 is 0.694 bits per heavy atom. The first-order valence-corrected chi connectivity index (χ1v) is 13.5. The number of para-hydroxylation sites is 1. The fourth-order valence-electron chi connectivity index (χ4n) is 8.23. The van der Waals surface area contributed by atoms with Crippen LogP contribution in [-0.2, 0) is 5.41 Å². The highest BCUT2D eigenvalue weighted by molar-refractivity contribution is 7.00. The third kappa shape index (κ3) is 2.31. The molecule has 4 aromatic carbocycles. The van der Waals surface area contributed by atoms with E-state index in [0.29, 0.717) is 0 Å². The first-order valence-electron chi connectivity index (χ1n) is 13.5. The van der Waals surface area contributed by atoms with Crippen LogP contribution in [0.25, 0.3) is 11.1 Å². The van der Waals surface area contributed by atoms with Crippen molar-refractivity contribution in [3.63, 3.8) is 0 Å². The van der Waals surface area contributed by atoms with Gasteiger partial charge in [-0.15, -0.1) is 0 Å². The molecule has 1 aliphatic carbocycles.